The van der Waals surface area contributed by atoms with Gasteiger partial charge in [0.2, 0.25) is 0 Å². The number of imidazole rings is 1. The Balaban J connectivity index is 1.06. The molecule has 0 N–H and O–H groups in total. The lowest BCUT2D eigenvalue weighted by Gasteiger charge is -2.34. The van der Waals surface area contributed by atoms with Gasteiger partial charge >= 0.3 is 0 Å². The molecule has 1 aromatic heterocycles. The molecule has 11 rings (SSSR count). The summed E-state index contributed by atoms with van der Waals surface area (Å²) < 4.78 is 2.25. The van der Waals surface area contributed by atoms with Crippen molar-refractivity contribution >= 4 is 61.4 Å². The fraction of sp³-hybridized carbons (Fsp3) is 0.0172. The molecule has 0 fully saturated rings. The first-order valence-corrected chi connectivity index (χ1v) is 23.0. The average Bonchev–Trinajstić information content (AvgIpc) is 3.68. The molecule has 0 aliphatic rings. The molecular formula is C58H42N2Si. The van der Waals surface area contributed by atoms with E-state index in [0.29, 0.717) is 0 Å². The summed E-state index contributed by atoms with van der Waals surface area (Å²) in [5, 5.41) is 10.5. The second-order valence-electron chi connectivity index (χ2n) is 15.9. The molecule has 0 saturated carbocycles. The Labute approximate surface area is 357 Å². The molecule has 0 aliphatic carbocycles. The number of aryl methyl sites for hydroxylation is 1. The summed E-state index contributed by atoms with van der Waals surface area (Å²) in [7, 11) is -2.66. The first-order valence-electron chi connectivity index (χ1n) is 21.0. The van der Waals surface area contributed by atoms with Gasteiger partial charge < -0.3 is 0 Å². The van der Waals surface area contributed by atoms with E-state index in [1.165, 1.54) is 75.7 Å². The number of benzene rings is 10. The van der Waals surface area contributed by atoms with Crippen LogP contribution >= 0.6 is 0 Å². The van der Waals surface area contributed by atoms with Gasteiger partial charge in [0.1, 0.15) is 5.82 Å². The van der Waals surface area contributed by atoms with Crippen molar-refractivity contribution in [1.82, 2.24) is 9.55 Å². The molecule has 2 nitrogen and oxygen atoms in total. The van der Waals surface area contributed by atoms with Crippen molar-refractivity contribution in [3.05, 3.63) is 242 Å². The average molecular weight is 795 g/mol. The van der Waals surface area contributed by atoms with Gasteiger partial charge in [0.05, 0.1) is 11.0 Å². The highest BCUT2D eigenvalue weighted by atomic mass is 28.3. The molecule has 0 atom stereocenters. The van der Waals surface area contributed by atoms with Crippen molar-refractivity contribution in [2.75, 3.05) is 0 Å². The van der Waals surface area contributed by atoms with Crippen LogP contribution in [0.3, 0.4) is 0 Å². The van der Waals surface area contributed by atoms with Crippen LogP contribution in [0.4, 0.5) is 0 Å². The van der Waals surface area contributed by atoms with Gasteiger partial charge in [-0.25, -0.2) is 4.98 Å². The van der Waals surface area contributed by atoms with Crippen LogP contribution in [0.25, 0.3) is 71.6 Å². The fourth-order valence-electron chi connectivity index (χ4n) is 9.85. The van der Waals surface area contributed by atoms with E-state index in [2.05, 4.69) is 242 Å². The van der Waals surface area contributed by atoms with Crippen molar-refractivity contribution < 1.29 is 0 Å². The third-order valence-electron chi connectivity index (χ3n) is 12.5. The van der Waals surface area contributed by atoms with E-state index >= 15 is 0 Å². The molecule has 0 unspecified atom stereocenters. The fourth-order valence-corrected chi connectivity index (χ4v) is 14.6. The molecule has 0 amide bonds. The minimum Gasteiger partial charge on any atom is -0.297 e. The zero-order chi connectivity index (χ0) is 40.8. The summed E-state index contributed by atoms with van der Waals surface area (Å²) in [6, 6.07) is 87.2. The summed E-state index contributed by atoms with van der Waals surface area (Å²) in [6.07, 6.45) is 0. The molecule has 61 heavy (non-hydrogen) atoms. The SMILES string of the molecule is Cc1nc2ccccc2n1-c1cccc(-c2cccc(-c3c4ccccc4c(-c4ccc([Si](c5ccccc5)(c5ccccc5)c5ccccc5)cc4)c4ccccc34)c2)c1. The zero-order valence-electron chi connectivity index (χ0n) is 33.9. The minimum atomic E-state index is -2.66. The van der Waals surface area contributed by atoms with Crippen molar-refractivity contribution in [3.8, 4) is 39.1 Å². The molecule has 11 aromatic rings. The third-order valence-corrected chi connectivity index (χ3v) is 17.3. The standard InChI is InChI=1S/C58H42N2Si/c1-41-59-55-33-15-16-34-56(55)60(41)46-22-18-20-44(40-46)43-19-17-21-45(39-43)58-53-31-13-11-29-51(53)57(52-30-12-14-32-54(52)58)42-35-37-50(38-36-42)61(47-23-5-2-6-24-47,48-25-7-3-8-26-48)49-27-9-4-10-28-49/h2-40H,1H3. The Bertz CT molecular complexity index is 3200. The van der Waals surface area contributed by atoms with Crippen LogP contribution in [0.5, 0.6) is 0 Å². The Morgan fingerprint density at radius 3 is 1.33 bits per heavy atom. The molecule has 288 valence electrons. The van der Waals surface area contributed by atoms with E-state index in [1.807, 2.05) is 6.07 Å². The number of hydrogen-bond acceptors (Lipinski definition) is 1. The summed E-state index contributed by atoms with van der Waals surface area (Å²) in [5.41, 5.74) is 10.5. The minimum absolute atomic E-state index is 0.977. The Hall–Kier alpha value is -7.59. The number of nitrogens with zero attached hydrogens (tertiary/aromatic N) is 2. The smallest absolute Gasteiger partial charge is 0.179 e. The molecule has 10 aromatic carbocycles. The first-order chi connectivity index (χ1) is 30.2. The second kappa shape index (κ2) is 15.2. The van der Waals surface area contributed by atoms with E-state index in [1.54, 1.807) is 0 Å². The summed E-state index contributed by atoms with van der Waals surface area (Å²) >= 11 is 0. The van der Waals surface area contributed by atoms with Crippen molar-refractivity contribution in [2.45, 2.75) is 6.92 Å². The van der Waals surface area contributed by atoms with Crippen LogP contribution in [-0.2, 0) is 0 Å². The number of hydrogen-bond donors (Lipinski definition) is 0. The monoisotopic (exact) mass is 794 g/mol. The first kappa shape index (κ1) is 36.5. The highest BCUT2D eigenvalue weighted by molar-refractivity contribution is 7.19. The van der Waals surface area contributed by atoms with Crippen LogP contribution < -0.4 is 20.7 Å². The number of aromatic nitrogens is 2. The molecule has 0 saturated heterocycles. The second-order valence-corrected chi connectivity index (χ2v) is 19.7. The highest BCUT2D eigenvalue weighted by Crippen LogP contribution is 2.44. The van der Waals surface area contributed by atoms with Crippen LogP contribution in [-0.4, -0.2) is 17.6 Å². The van der Waals surface area contributed by atoms with Gasteiger partial charge in [-0.1, -0.05) is 206 Å². The Morgan fingerprint density at radius 2 is 0.770 bits per heavy atom. The van der Waals surface area contributed by atoms with Gasteiger partial charge in [-0.05, 0) is 113 Å². The number of rotatable bonds is 8. The lowest BCUT2D eigenvalue weighted by molar-refractivity contribution is 1.00. The lowest BCUT2D eigenvalue weighted by atomic mass is 9.85. The van der Waals surface area contributed by atoms with Crippen molar-refractivity contribution in [2.24, 2.45) is 0 Å². The maximum absolute atomic E-state index is 4.85. The predicted molar refractivity (Wildman–Crippen MR) is 261 cm³/mol. The van der Waals surface area contributed by atoms with Crippen LogP contribution in [0.2, 0.25) is 0 Å². The largest absolute Gasteiger partial charge is 0.297 e. The summed E-state index contributed by atoms with van der Waals surface area (Å²) in [6.45, 7) is 2.08. The quantitative estimate of drug-likeness (QED) is 0.0851. The normalized spacial score (nSPS) is 11.7. The molecule has 0 spiro atoms. The van der Waals surface area contributed by atoms with E-state index in [9.17, 15) is 0 Å². The van der Waals surface area contributed by atoms with Gasteiger partial charge in [0.15, 0.2) is 8.07 Å². The Morgan fingerprint density at radius 1 is 0.344 bits per heavy atom. The predicted octanol–water partition coefficient (Wildman–Crippen LogP) is 12.0. The van der Waals surface area contributed by atoms with Crippen LogP contribution in [0, 0.1) is 6.92 Å². The summed E-state index contributed by atoms with van der Waals surface area (Å²) in [4.78, 5) is 4.85. The zero-order valence-corrected chi connectivity index (χ0v) is 34.9. The van der Waals surface area contributed by atoms with Gasteiger partial charge in [0.25, 0.3) is 0 Å². The maximum atomic E-state index is 4.85. The van der Waals surface area contributed by atoms with E-state index in [-0.39, 0.29) is 0 Å². The van der Waals surface area contributed by atoms with Crippen molar-refractivity contribution in [1.29, 1.82) is 0 Å². The van der Waals surface area contributed by atoms with E-state index in [0.717, 1.165) is 22.5 Å². The third kappa shape index (κ3) is 6.13. The van der Waals surface area contributed by atoms with Crippen LogP contribution in [0.1, 0.15) is 5.82 Å². The molecule has 3 heteroatoms. The molecule has 1 heterocycles. The lowest BCUT2D eigenvalue weighted by Crippen LogP contribution is -2.74. The van der Waals surface area contributed by atoms with E-state index in [4.69, 9.17) is 4.98 Å². The maximum Gasteiger partial charge on any atom is 0.179 e. The molecule has 0 radical (unpaired) electrons. The van der Waals surface area contributed by atoms with Gasteiger partial charge in [-0.3, -0.25) is 4.57 Å². The van der Waals surface area contributed by atoms with Gasteiger partial charge in [-0.2, -0.15) is 0 Å². The molecule has 0 bridgehead atoms. The highest BCUT2D eigenvalue weighted by Gasteiger charge is 2.41. The van der Waals surface area contributed by atoms with Crippen LogP contribution in [0.15, 0.2) is 237 Å². The molecular weight excluding hydrogens is 753 g/mol. The van der Waals surface area contributed by atoms with Crippen molar-refractivity contribution in [3.63, 3.8) is 0 Å². The van der Waals surface area contributed by atoms with Gasteiger partial charge in [0, 0.05) is 5.69 Å². The Kier molecular flexibility index (Phi) is 9.10. The number of para-hydroxylation sites is 2. The van der Waals surface area contributed by atoms with Gasteiger partial charge in [-0.15, -0.1) is 0 Å². The number of fused-ring (bicyclic) bond motifs is 3. The summed E-state index contributed by atoms with van der Waals surface area (Å²) in [5.74, 6) is 0.977. The van der Waals surface area contributed by atoms with E-state index < -0.39 is 8.07 Å². The molecule has 0 aliphatic heterocycles. The topological polar surface area (TPSA) is 17.8 Å².